The number of carbonyl (C=O) groups is 2. The number of hydrogen-bond acceptors (Lipinski definition) is 2. The van der Waals surface area contributed by atoms with Gasteiger partial charge in [-0.3, -0.25) is 9.59 Å². The predicted molar refractivity (Wildman–Crippen MR) is 130 cm³/mol. The van der Waals surface area contributed by atoms with Crippen molar-refractivity contribution in [2.24, 2.45) is 0 Å². The quantitative estimate of drug-likeness (QED) is 0.440. The van der Waals surface area contributed by atoms with Gasteiger partial charge in [0.2, 0.25) is 11.8 Å². The molecule has 2 amide bonds. The first kappa shape index (κ1) is 23.8. The Balaban J connectivity index is 1.87. The highest BCUT2D eigenvalue weighted by Crippen LogP contribution is 2.18. The van der Waals surface area contributed by atoms with Gasteiger partial charge in [-0.05, 0) is 34.9 Å². The van der Waals surface area contributed by atoms with E-state index in [1.807, 2.05) is 60.7 Å². The molecule has 0 unspecified atom stereocenters. The van der Waals surface area contributed by atoms with Gasteiger partial charge in [-0.1, -0.05) is 90.8 Å². The Labute approximate surface area is 199 Å². The molecule has 3 rings (SSSR count). The summed E-state index contributed by atoms with van der Waals surface area (Å²) in [6.45, 7) is 2.41. The van der Waals surface area contributed by atoms with Gasteiger partial charge >= 0.3 is 0 Å². The summed E-state index contributed by atoms with van der Waals surface area (Å²) >= 11 is 12.3. The minimum atomic E-state index is -0.664. The molecule has 32 heavy (non-hydrogen) atoms. The molecular weight excluding hydrogens is 443 g/mol. The van der Waals surface area contributed by atoms with Crippen molar-refractivity contribution in [2.45, 2.75) is 38.9 Å². The Bertz CT molecular complexity index is 1040. The largest absolute Gasteiger partial charge is 0.350 e. The maximum Gasteiger partial charge on any atom is 0.243 e. The van der Waals surface area contributed by atoms with E-state index in [9.17, 15) is 9.59 Å². The summed E-state index contributed by atoms with van der Waals surface area (Å²) in [6.07, 6.45) is 0.713. The standard InChI is InChI=1S/C26H26Cl2N2O2/c1-2-25(31)30(18-20-12-14-22(27)15-13-20)24(16-19-8-4-3-5-9-19)26(32)29-17-21-10-6-7-11-23(21)28/h3-15,24H,2,16-18H2,1H3,(H,29,32)/t24-/m0/s1. The maximum atomic E-state index is 13.4. The lowest BCUT2D eigenvalue weighted by atomic mass is 10.0. The molecule has 1 atom stereocenters. The zero-order chi connectivity index (χ0) is 22.9. The van der Waals surface area contributed by atoms with Crippen LogP contribution in [0, 0.1) is 0 Å². The third kappa shape index (κ3) is 6.59. The first-order valence-electron chi connectivity index (χ1n) is 10.6. The van der Waals surface area contributed by atoms with E-state index in [4.69, 9.17) is 23.2 Å². The molecular formula is C26H26Cl2N2O2. The highest BCUT2D eigenvalue weighted by molar-refractivity contribution is 6.31. The monoisotopic (exact) mass is 468 g/mol. The van der Waals surface area contributed by atoms with Gasteiger partial charge in [0, 0.05) is 36.0 Å². The van der Waals surface area contributed by atoms with Crippen LogP contribution in [0.3, 0.4) is 0 Å². The molecule has 3 aromatic rings. The van der Waals surface area contributed by atoms with E-state index < -0.39 is 6.04 Å². The second-order valence-corrected chi connectivity index (χ2v) is 8.36. The van der Waals surface area contributed by atoms with E-state index in [-0.39, 0.29) is 11.8 Å². The minimum Gasteiger partial charge on any atom is -0.350 e. The Morgan fingerprint density at radius 2 is 1.53 bits per heavy atom. The third-order valence-corrected chi connectivity index (χ3v) is 5.87. The molecule has 0 spiro atoms. The minimum absolute atomic E-state index is 0.0891. The highest BCUT2D eigenvalue weighted by Gasteiger charge is 2.29. The fraction of sp³-hybridized carbons (Fsp3) is 0.231. The first-order valence-corrected chi connectivity index (χ1v) is 11.3. The molecule has 166 valence electrons. The Kier molecular flexibility index (Phi) is 8.72. The van der Waals surface area contributed by atoms with Crippen molar-refractivity contribution >= 4 is 35.0 Å². The van der Waals surface area contributed by atoms with Gasteiger partial charge in [0.1, 0.15) is 6.04 Å². The summed E-state index contributed by atoms with van der Waals surface area (Å²) in [6, 6.07) is 23.8. The van der Waals surface area contributed by atoms with Gasteiger partial charge in [0.05, 0.1) is 0 Å². The van der Waals surface area contributed by atoms with Gasteiger partial charge in [-0.2, -0.15) is 0 Å². The second kappa shape index (κ2) is 11.7. The van der Waals surface area contributed by atoms with E-state index >= 15 is 0 Å². The molecule has 0 aliphatic heterocycles. The van der Waals surface area contributed by atoms with Gasteiger partial charge in [-0.15, -0.1) is 0 Å². The van der Waals surface area contributed by atoms with E-state index in [2.05, 4.69) is 5.32 Å². The average molecular weight is 469 g/mol. The number of halogens is 2. The molecule has 0 fully saturated rings. The normalized spacial score (nSPS) is 11.6. The van der Waals surface area contributed by atoms with Crippen LogP contribution in [0.2, 0.25) is 10.0 Å². The average Bonchev–Trinajstić information content (AvgIpc) is 2.82. The number of hydrogen-bond donors (Lipinski definition) is 1. The zero-order valence-corrected chi connectivity index (χ0v) is 19.4. The number of carbonyl (C=O) groups excluding carboxylic acids is 2. The van der Waals surface area contributed by atoms with Crippen molar-refractivity contribution in [1.29, 1.82) is 0 Å². The molecule has 0 bridgehead atoms. The molecule has 0 radical (unpaired) electrons. The smallest absolute Gasteiger partial charge is 0.243 e. The Morgan fingerprint density at radius 1 is 0.875 bits per heavy atom. The molecule has 6 heteroatoms. The molecule has 3 aromatic carbocycles. The first-order chi connectivity index (χ1) is 15.5. The number of rotatable bonds is 9. The van der Waals surface area contributed by atoms with Gasteiger partial charge in [-0.25, -0.2) is 0 Å². The van der Waals surface area contributed by atoms with E-state index in [1.54, 1.807) is 30.0 Å². The van der Waals surface area contributed by atoms with E-state index in [0.717, 1.165) is 16.7 Å². The van der Waals surface area contributed by atoms with Crippen molar-refractivity contribution in [1.82, 2.24) is 10.2 Å². The van der Waals surface area contributed by atoms with Crippen LogP contribution in [0.15, 0.2) is 78.9 Å². The SMILES string of the molecule is CCC(=O)N(Cc1ccc(Cl)cc1)[C@@H](Cc1ccccc1)C(=O)NCc1ccccc1Cl. The maximum absolute atomic E-state index is 13.4. The molecule has 0 saturated carbocycles. The van der Waals surface area contributed by atoms with Crippen LogP contribution in [0.25, 0.3) is 0 Å². The van der Waals surface area contributed by atoms with Crippen LogP contribution < -0.4 is 5.32 Å². The van der Waals surface area contributed by atoms with Crippen molar-refractivity contribution < 1.29 is 9.59 Å². The predicted octanol–water partition coefficient (Wildman–Crippen LogP) is 5.66. The lowest BCUT2D eigenvalue weighted by Gasteiger charge is -2.31. The Morgan fingerprint density at radius 3 is 2.19 bits per heavy atom. The van der Waals surface area contributed by atoms with Gasteiger partial charge < -0.3 is 10.2 Å². The van der Waals surface area contributed by atoms with Crippen LogP contribution >= 0.6 is 23.2 Å². The van der Waals surface area contributed by atoms with Crippen LogP contribution in [-0.2, 0) is 29.1 Å². The fourth-order valence-corrected chi connectivity index (χ4v) is 3.81. The number of nitrogens with zero attached hydrogens (tertiary/aromatic N) is 1. The summed E-state index contributed by atoms with van der Waals surface area (Å²) in [5.41, 5.74) is 2.72. The summed E-state index contributed by atoms with van der Waals surface area (Å²) in [7, 11) is 0. The van der Waals surface area contributed by atoms with Gasteiger partial charge in [0.25, 0.3) is 0 Å². The summed E-state index contributed by atoms with van der Waals surface area (Å²) in [4.78, 5) is 28.0. The topological polar surface area (TPSA) is 49.4 Å². The van der Waals surface area contributed by atoms with Crippen molar-refractivity contribution in [3.8, 4) is 0 Å². The second-order valence-electron chi connectivity index (χ2n) is 7.52. The number of amides is 2. The summed E-state index contributed by atoms with van der Waals surface area (Å²) < 4.78 is 0. The van der Waals surface area contributed by atoms with Crippen LogP contribution in [0.5, 0.6) is 0 Å². The molecule has 0 saturated heterocycles. The van der Waals surface area contributed by atoms with Crippen LogP contribution in [-0.4, -0.2) is 22.8 Å². The van der Waals surface area contributed by atoms with Crippen molar-refractivity contribution in [3.05, 3.63) is 106 Å². The summed E-state index contributed by atoms with van der Waals surface area (Å²) in [5, 5.41) is 4.19. The lowest BCUT2D eigenvalue weighted by molar-refractivity contribution is -0.141. The molecule has 0 heterocycles. The molecule has 1 N–H and O–H groups in total. The van der Waals surface area contributed by atoms with Crippen LogP contribution in [0.1, 0.15) is 30.0 Å². The third-order valence-electron chi connectivity index (χ3n) is 5.25. The molecule has 4 nitrogen and oxygen atoms in total. The zero-order valence-electron chi connectivity index (χ0n) is 17.9. The fourth-order valence-electron chi connectivity index (χ4n) is 3.49. The highest BCUT2D eigenvalue weighted by atomic mass is 35.5. The molecule has 0 aliphatic rings. The van der Waals surface area contributed by atoms with Crippen molar-refractivity contribution in [3.63, 3.8) is 0 Å². The number of nitrogens with one attached hydrogen (secondary N) is 1. The van der Waals surface area contributed by atoms with Crippen LogP contribution in [0.4, 0.5) is 0 Å². The van der Waals surface area contributed by atoms with E-state index in [1.165, 1.54) is 0 Å². The lowest BCUT2D eigenvalue weighted by Crippen LogP contribution is -2.50. The molecule has 0 aliphatic carbocycles. The van der Waals surface area contributed by atoms with Crippen molar-refractivity contribution in [2.75, 3.05) is 0 Å². The van der Waals surface area contributed by atoms with Gasteiger partial charge in [0.15, 0.2) is 0 Å². The summed E-state index contributed by atoms with van der Waals surface area (Å²) in [5.74, 6) is -0.307. The Hall–Kier alpha value is -2.82. The van der Waals surface area contributed by atoms with E-state index in [0.29, 0.717) is 36.0 Å². The number of benzene rings is 3. The molecule has 0 aromatic heterocycles.